The predicted octanol–water partition coefficient (Wildman–Crippen LogP) is 7.95. The van der Waals surface area contributed by atoms with Gasteiger partial charge in [-0.3, -0.25) is 4.79 Å². The van der Waals surface area contributed by atoms with Crippen molar-refractivity contribution >= 4 is 41.1 Å². The molecule has 4 rings (SSSR count). The molecule has 41 heavy (non-hydrogen) atoms. The van der Waals surface area contributed by atoms with Gasteiger partial charge in [0.2, 0.25) is 11.7 Å². The van der Waals surface area contributed by atoms with E-state index in [2.05, 4.69) is 0 Å². The van der Waals surface area contributed by atoms with Gasteiger partial charge in [-0.1, -0.05) is 55.1 Å². The average Bonchev–Trinajstić information content (AvgIpc) is 2.96. The zero-order chi connectivity index (χ0) is 29.8. The van der Waals surface area contributed by atoms with Crippen molar-refractivity contribution in [2.45, 2.75) is 49.5 Å². The third-order valence-electron chi connectivity index (χ3n) is 6.97. The molecule has 0 heterocycles. The van der Waals surface area contributed by atoms with Crippen LogP contribution in [-0.2, 0) is 11.3 Å². The second-order valence-corrected chi connectivity index (χ2v) is 11.4. The lowest BCUT2D eigenvalue weighted by Crippen LogP contribution is -2.37. The van der Waals surface area contributed by atoms with Crippen LogP contribution in [-0.4, -0.2) is 34.9 Å². The Bertz CT molecular complexity index is 1420. The molecule has 218 valence electrons. The molecule has 0 saturated heterocycles. The van der Waals surface area contributed by atoms with Crippen LogP contribution in [0.5, 0.6) is 0 Å². The topological polar surface area (TPSA) is 60.9 Å². The summed E-state index contributed by atoms with van der Waals surface area (Å²) in [7, 11) is 1.26. The highest BCUT2D eigenvalue weighted by molar-refractivity contribution is 7.97. The molecule has 3 aromatic carbocycles. The number of carboxylic acids is 1. The van der Waals surface area contributed by atoms with Crippen molar-refractivity contribution < 1.29 is 36.6 Å². The Balaban J connectivity index is 1.58. The minimum absolute atomic E-state index is 0.0492. The Kier molecular flexibility index (Phi) is 9.93. The van der Waals surface area contributed by atoms with E-state index in [1.54, 1.807) is 0 Å². The standard InChI is InChI=1S/C29H26ClF5N2O3S/c1-36(41-28-26(34)24(32)23(31)25(33)27(28)35)15-22(38)37(19-11-12-20(29(39)40)21(30)13-19)14-16-7-9-18(10-8-16)17-5-3-2-4-6-17/h7-13,17H,2-6,14-15H2,1H3,(H,39,40). The van der Waals surface area contributed by atoms with E-state index >= 15 is 0 Å². The molecule has 0 aliphatic heterocycles. The summed E-state index contributed by atoms with van der Waals surface area (Å²) in [4.78, 5) is 25.1. The maximum Gasteiger partial charge on any atom is 0.337 e. The SMILES string of the molecule is CN(CC(=O)N(Cc1ccc(C2CCCCC2)cc1)c1ccc(C(=O)O)c(Cl)c1)Sc1c(F)c(F)c(F)c(F)c1F. The maximum atomic E-state index is 14.2. The highest BCUT2D eigenvalue weighted by Gasteiger charge is 2.28. The first kappa shape index (κ1) is 30.8. The number of aromatic carboxylic acids is 1. The summed E-state index contributed by atoms with van der Waals surface area (Å²) >= 11 is 6.35. The number of hydrogen-bond acceptors (Lipinski definition) is 4. The fourth-order valence-corrected chi connectivity index (χ4v) is 5.89. The van der Waals surface area contributed by atoms with Crippen molar-refractivity contribution in [1.82, 2.24) is 4.31 Å². The third-order valence-corrected chi connectivity index (χ3v) is 8.26. The number of benzene rings is 3. The van der Waals surface area contributed by atoms with Gasteiger partial charge >= 0.3 is 5.97 Å². The highest BCUT2D eigenvalue weighted by atomic mass is 35.5. The summed E-state index contributed by atoms with van der Waals surface area (Å²) in [6.45, 7) is -0.448. The first-order valence-electron chi connectivity index (χ1n) is 12.8. The largest absolute Gasteiger partial charge is 0.478 e. The fraction of sp³-hybridized carbons (Fsp3) is 0.310. The van der Waals surface area contributed by atoms with Crippen LogP contribution >= 0.6 is 23.5 Å². The van der Waals surface area contributed by atoms with Crippen LogP contribution < -0.4 is 4.90 Å². The number of carboxylic acid groups (broad SMARTS) is 1. The quantitative estimate of drug-likeness (QED) is 0.115. The number of hydrogen-bond donors (Lipinski definition) is 1. The normalized spacial score (nSPS) is 14.0. The molecular formula is C29H26ClF5N2O3S. The van der Waals surface area contributed by atoms with Gasteiger partial charge in [-0.05, 0) is 67.1 Å². The summed E-state index contributed by atoms with van der Waals surface area (Å²) in [5.74, 6) is -11.8. The highest BCUT2D eigenvalue weighted by Crippen LogP contribution is 2.34. The average molecular weight is 613 g/mol. The zero-order valence-corrected chi connectivity index (χ0v) is 23.5. The zero-order valence-electron chi connectivity index (χ0n) is 21.9. The number of anilines is 1. The molecule has 1 aliphatic rings. The number of likely N-dealkylation sites (N-methyl/N-ethyl adjacent to an activating group) is 1. The smallest absolute Gasteiger partial charge is 0.337 e. The summed E-state index contributed by atoms with van der Waals surface area (Å²) in [6, 6.07) is 11.8. The molecule has 1 saturated carbocycles. The van der Waals surface area contributed by atoms with Gasteiger partial charge in [0, 0.05) is 5.69 Å². The second kappa shape index (κ2) is 13.2. The first-order valence-corrected chi connectivity index (χ1v) is 14.0. The van der Waals surface area contributed by atoms with E-state index in [1.165, 1.54) is 55.0 Å². The predicted molar refractivity (Wildman–Crippen MR) is 147 cm³/mol. The maximum absolute atomic E-state index is 14.2. The van der Waals surface area contributed by atoms with E-state index in [1.807, 2.05) is 24.3 Å². The molecule has 1 amide bonds. The Labute approximate surface area is 243 Å². The minimum Gasteiger partial charge on any atom is -0.478 e. The lowest BCUT2D eigenvalue weighted by atomic mass is 9.84. The Morgan fingerprint density at radius 2 is 1.49 bits per heavy atom. The number of amides is 1. The van der Waals surface area contributed by atoms with E-state index in [9.17, 15) is 36.6 Å². The van der Waals surface area contributed by atoms with Gasteiger partial charge in [0.1, 0.15) is 4.90 Å². The van der Waals surface area contributed by atoms with Crippen molar-refractivity contribution in [3.8, 4) is 0 Å². The van der Waals surface area contributed by atoms with Crippen LogP contribution in [0.4, 0.5) is 27.6 Å². The van der Waals surface area contributed by atoms with Crippen LogP contribution in [0.3, 0.4) is 0 Å². The lowest BCUT2D eigenvalue weighted by Gasteiger charge is -2.26. The lowest BCUT2D eigenvalue weighted by molar-refractivity contribution is -0.118. The van der Waals surface area contributed by atoms with Gasteiger partial charge in [0.25, 0.3) is 0 Å². The second-order valence-electron chi connectivity index (χ2n) is 9.80. The van der Waals surface area contributed by atoms with Gasteiger partial charge < -0.3 is 10.0 Å². The van der Waals surface area contributed by atoms with Crippen molar-refractivity contribution in [2.24, 2.45) is 0 Å². The van der Waals surface area contributed by atoms with Crippen LogP contribution in [0.15, 0.2) is 47.4 Å². The molecule has 1 aliphatic carbocycles. The molecule has 1 N–H and O–H groups in total. The summed E-state index contributed by atoms with van der Waals surface area (Å²) in [6.07, 6.45) is 5.82. The Morgan fingerprint density at radius 1 is 0.902 bits per heavy atom. The van der Waals surface area contributed by atoms with Crippen molar-refractivity contribution in [1.29, 1.82) is 0 Å². The van der Waals surface area contributed by atoms with Crippen LogP contribution in [0.2, 0.25) is 5.02 Å². The van der Waals surface area contributed by atoms with Crippen LogP contribution in [0, 0.1) is 29.1 Å². The number of nitrogens with zero attached hydrogens (tertiary/aromatic N) is 2. The Hall–Kier alpha value is -3.15. The van der Waals surface area contributed by atoms with Gasteiger partial charge in [-0.2, -0.15) is 0 Å². The van der Waals surface area contributed by atoms with E-state index in [-0.39, 0.29) is 34.8 Å². The molecule has 12 heteroatoms. The summed E-state index contributed by atoms with van der Waals surface area (Å²) in [5.41, 5.74) is 2.06. The number of carbonyl (C=O) groups excluding carboxylic acids is 1. The van der Waals surface area contributed by atoms with Gasteiger partial charge in [-0.15, -0.1) is 0 Å². The molecule has 0 atom stereocenters. The minimum atomic E-state index is -2.27. The molecule has 0 unspecified atom stereocenters. The fourth-order valence-electron chi connectivity index (χ4n) is 4.81. The molecule has 0 aromatic heterocycles. The first-order chi connectivity index (χ1) is 19.5. The number of halogens is 6. The molecular weight excluding hydrogens is 587 g/mol. The number of carbonyl (C=O) groups is 2. The van der Waals surface area contributed by atoms with Gasteiger partial charge in [-0.25, -0.2) is 31.1 Å². The molecule has 0 spiro atoms. The van der Waals surface area contributed by atoms with Crippen molar-refractivity contribution in [2.75, 3.05) is 18.5 Å². The molecule has 1 fully saturated rings. The summed E-state index contributed by atoms with van der Waals surface area (Å²) < 4.78 is 70.2. The van der Waals surface area contributed by atoms with Crippen LogP contribution in [0.1, 0.15) is 59.5 Å². The van der Waals surface area contributed by atoms with E-state index in [0.29, 0.717) is 5.92 Å². The van der Waals surface area contributed by atoms with Gasteiger partial charge in [0.15, 0.2) is 23.3 Å². The van der Waals surface area contributed by atoms with Crippen LogP contribution in [0.25, 0.3) is 0 Å². The van der Waals surface area contributed by atoms with E-state index < -0.39 is 52.4 Å². The molecule has 0 radical (unpaired) electrons. The van der Waals surface area contributed by atoms with Gasteiger partial charge in [0.05, 0.1) is 23.7 Å². The van der Waals surface area contributed by atoms with Crippen molar-refractivity contribution in [3.63, 3.8) is 0 Å². The van der Waals surface area contributed by atoms with E-state index in [4.69, 9.17) is 11.6 Å². The monoisotopic (exact) mass is 612 g/mol. The summed E-state index contributed by atoms with van der Waals surface area (Å²) in [5, 5.41) is 9.21. The molecule has 5 nitrogen and oxygen atoms in total. The Morgan fingerprint density at radius 3 is 2.05 bits per heavy atom. The number of rotatable bonds is 9. The van der Waals surface area contributed by atoms with Crippen molar-refractivity contribution in [3.05, 3.63) is 93.3 Å². The molecule has 0 bridgehead atoms. The third kappa shape index (κ3) is 7.02. The molecule has 3 aromatic rings. The van der Waals surface area contributed by atoms with E-state index in [0.717, 1.165) is 22.7 Å².